The maximum atomic E-state index is 13.9. The van der Waals surface area contributed by atoms with E-state index in [9.17, 15) is 4.79 Å². The highest BCUT2D eigenvalue weighted by Crippen LogP contribution is 2.45. The van der Waals surface area contributed by atoms with Gasteiger partial charge in [0.25, 0.3) is 0 Å². The molecule has 1 aromatic heterocycles. The Morgan fingerprint density at radius 1 is 1.10 bits per heavy atom. The van der Waals surface area contributed by atoms with Gasteiger partial charge in [0, 0.05) is 51.8 Å². The van der Waals surface area contributed by atoms with Crippen LogP contribution in [0.15, 0.2) is 24.4 Å². The molecule has 3 heterocycles. The molecule has 0 spiro atoms. The van der Waals surface area contributed by atoms with Crippen LogP contribution in [0.2, 0.25) is 0 Å². The zero-order valence-electron chi connectivity index (χ0n) is 19.6. The molecule has 2 aliphatic heterocycles. The van der Waals surface area contributed by atoms with Crippen molar-refractivity contribution in [3.05, 3.63) is 30.1 Å². The lowest BCUT2D eigenvalue weighted by molar-refractivity contribution is -0.195. The summed E-state index contributed by atoms with van der Waals surface area (Å²) >= 11 is 0. The van der Waals surface area contributed by atoms with Crippen molar-refractivity contribution in [2.45, 2.75) is 77.2 Å². The molecule has 30 heavy (non-hydrogen) atoms. The van der Waals surface area contributed by atoms with Gasteiger partial charge in [-0.2, -0.15) is 0 Å². The molecule has 0 atom stereocenters. The number of ketones is 1. The first-order valence-corrected chi connectivity index (χ1v) is 11.3. The molecule has 0 radical (unpaired) electrons. The first kappa shape index (κ1) is 23.3. The molecule has 6 heteroatoms. The largest absolute Gasteiger partial charge is 0.377 e. The van der Waals surface area contributed by atoms with Gasteiger partial charge in [0.1, 0.15) is 5.69 Å². The topological polar surface area (TPSA) is 54.9 Å². The van der Waals surface area contributed by atoms with Crippen LogP contribution in [0.1, 0.15) is 64.9 Å². The van der Waals surface area contributed by atoms with Crippen molar-refractivity contribution in [3.63, 3.8) is 0 Å². The monoisotopic (exact) mass is 417 g/mol. The zero-order valence-corrected chi connectivity index (χ0v) is 19.6. The van der Waals surface area contributed by atoms with Crippen LogP contribution in [0, 0.1) is 0 Å². The normalized spacial score (nSPS) is 24.1. The minimum absolute atomic E-state index is 0.129. The number of rotatable bonds is 7. The Hall–Kier alpha value is -1.34. The van der Waals surface area contributed by atoms with Gasteiger partial charge >= 0.3 is 0 Å². The predicted molar refractivity (Wildman–Crippen MR) is 119 cm³/mol. The number of Topliss-reactive ketones (excluding diaryl/α,β-unsaturated/α-hetero) is 1. The van der Waals surface area contributed by atoms with Crippen LogP contribution in [0.25, 0.3) is 0 Å². The van der Waals surface area contributed by atoms with Gasteiger partial charge in [0.15, 0.2) is 0 Å². The molecular weight excluding hydrogens is 378 g/mol. The summed E-state index contributed by atoms with van der Waals surface area (Å²) in [7, 11) is 0. The van der Waals surface area contributed by atoms with Crippen molar-refractivity contribution in [2.24, 2.45) is 0 Å². The zero-order chi connectivity index (χ0) is 22.0. The highest BCUT2D eigenvalue weighted by Gasteiger charge is 2.56. The number of nitrogens with zero attached hydrogens (tertiary/aromatic N) is 3. The number of hydrogen-bond acceptors (Lipinski definition) is 6. The summed E-state index contributed by atoms with van der Waals surface area (Å²) in [4.78, 5) is 23.2. The van der Waals surface area contributed by atoms with Crippen molar-refractivity contribution >= 4 is 5.78 Å². The fraction of sp³-hybridized carbons (Fsp3) is 0.750. The summed E-state index contributed by atoms with van der Waals surface area (Å²) in [5.74, 6) is 0.129. The van der Waals surface area contributed by atoms with Gasteiger partial charge in [-0.3, -0.25) is 19.6 Å². The van der Waals surface area contributed by atoms with Crippen molar-refractivity contribution in [3.8, 4) is 0 Å². The minimum Gasteiger partial charge on any atom is -0.377 e. The molecule has 6 nitrogen and oxygen atoms in total. The molecule has 2 saturated heterocycles. The van der Waals surface area contributed by atoms with Gasteiger partial charge in [-0.15, -0.1) is 0 Å². The fourth-order valence-electron chi connectivity index (χ4n) is 5.37. The van der Waals surface area contributed by atoms with Gasteiger partial charge in [-0.05, 0) is 53.7 Å². The van der Waals surface area contributed by atoms with Crippen molar-refractivity contribution in [1.29, 1.82) is 0 Å². The number of pyridine rings is 1. The number of hydrogen-bond donors (Lipinski definition) is 0. The Balaban J connectivity index is 1.82. The number of carbonyl (C=O) groups is 1. The summed E-state index contributed by atoms with van der Waals surface area (Å²) in [5, 5.41) is 0. The van der Waals surface area contributed by atoms with E-state index in [1.165, 1.54) is 0 Å². The third kappa shape index (κ3) is 5.47. The average Bonchev–Trinajstić information content (AvgIpc) is 2.66. The summed E-state index contributed by atoms with van der Waals surface area (Å²) in [6, 6.07) is 5.61. The molecule has 3 rings (SSSR count). The van der Waals surface area contributed by atoms with Gasteiger partial charge in [-0.25, -0.2) is 0 Å². The van der Waals surface area contributed by atoms with Crippen LogP contribution in [0.3, 0.4) is 0 Å². The van der Waals surface area contributed by atoms with E-state index in [0.29, 0.717) is 18.5 Å². The first-order valence-electron chi connectivity index (χ1n) is 11.3. The second-order valence-electron chi connectivity index (χ2n) is 10.3. The number of ether oxygens (including phenoxy) is 2. The molecule has 0 N–H and O–H groups in total. The van der Waals surface area contributed by atoms with Crippen LogP contribution in [0.5, 0.6) is 0 Å². The van der Waals surface area contributed by atoms with Crippen LogP contribution < -0.4 is 0 Å². The Morgan fingerprint density at radius 2 is 1.73 bits per heavy atom. The predicted octanol–water partition coefficient (Wildman–Crippen LogP) is 3.41. The molecule has 0 aliphatic carbocycles. The lowest BCUT2D eigenvalue weighted by Crippen LogP contribution is -2.68. The Morgan fingerprint density at radius 3 is 2.27 bits per heavy atom. The standard InChI is InChI=1S/C24H39N3O3/c1-19(2)29-16-15-26-11-13-27(14-12-26)24(21(28)20-9-7-8-10-25-20)17-22(3,4)30-23(5,6)18-24/h7-10,19H,11-18H2,1-6H3. The van der Waals surface area contributed by atoms with Crippen molar-refractivity contribution in [1.82, 2.24) is 14.8 Å². The molecule has 0 amide bonds. The van der Waals surface area contributed by atoms with Crippen LogP contribution in [0.4, 0.5) is 0 Å². The van der Waals surface area contributed by atoms with Gasteiger partial charge in [0.05, 0.1) is 29.5 Å². The second-order valence-corrected chi connectivity index (χ2v) is 10.3. The molecular formula is C24H39N3O3. The Labute approximate surface area is 181 Å². The Kier molecular flexibility index (Phi) is 7.02. The van der Waals surface area contributed by atoms with Gasteiger partial charge in [-0.1, -0.05) is 6.07 Å². The number of carbonyl (C=O) groups excluding carboxylic acids is 1. The van der Waals surface area contributed by atoms with E-state index in [1.807, 2.05) is 18.2 Å². The molecule has 2 aliphatic rings. The van der Waals surface area contributed by atoms with E-state index >= 15 is 0 Å². The van der Waals surface area contributed by atoms with Crippen LogP contribution in [-0.4, -0.2) is 82.7 Å². The third-order valence-electron chi connectivity index (χ3n) is 6.15. The number of aromatic nitrogens is 1. The smallest absolute Gasteiger partial charge is 0.201 e. The molecule has 0 saturated carbocycles. The summed E-state index contributed by atoms with van der Waals surface area (Å²) in [6.45, 7) is 17.9. The third-order valence-corrected chi connectivity index (χ3v) is 6.15. The van der Waals surface area contributed by atoms with E-state index in [1.54, 1.807) is 6.20 Å². The molecule has 168 valence electrons. The van der Waals surface area contributed by atoms with Gasteiger partial charge < -0.3 is 9.47 Å². The molecule has 1 aromatic rings. The highest BCUT2D eigenvalue weighted by molar-refractivity contribution is 6.02. The van der Waals surface area contributed by atoms with Crippen LogP contribution in [-0.2, 0) is 9.47 Å². The minimum atomic E-state index is -0.597. The molecule has 0 aromatic carbocycles. The lowest BCUT2D eigenvalue weighted by atomic mass is 9.70. The van der Waals surface area contributed by atoms with E-state index in [2.05, 4.69) is 56.3 Å². The van der Waals surface area contributed by atoms with E-state index < -0.39 is 5.54 Å². The highest BCUT2D eigenvalue weighted by atomic mass is 16.5. The molecule has 2 fully saturated rings. The SMILES string of the molecule is CC(C)OCCN1CCN(C2(C(=O)c3ccccn3)CC(C)(C)OC(C)(C)C2)CC1. The maximum absolute atomic E-state index is 13.9. The van der Waals surface area contributed by atoms with Crippen LogP contribution >= 0.6 is 0 Å². The van der Waals surface area contributed by atoms with E-state index in [4.69, 9.17) is 9.47 Å². The summed E-state index contributed by atoms with van der Waals surface area (Å²) < 4.78 is 12.1. The summed E-state index contributed by atoms with van der Waals surface area (Å²) in [6.07, 6.45) is 3.32. The quantitative estimate of drug-likeness (QED) is 0.634. The lowest BCUT2D eigenvalue weighted by Gasteiger charge is -2.56. The fourth-order valence-corrected chi connectivity index (χ4v) is 5.37. The van der Waals surface area contributed by atoms with Crippen molar-refractivity contribution < 1.29 is 14.3 Å². The average molecular weight is 418 g/mol. The van der Waals surface area contributed by atoms with Gasteiger partial charge in [0.2, 0.25) is 5.78 Å². The van der Waals surface area contributed by atoms with Crippen molar-refractivity contribution in [2.75, 3.05) is 39.3 Å². The first-order chi connectivity index (χ1) is 14.0. The molecule has 0 unspecified atom stereocenters. The summed E-state index contributed by atoms with van der Waals surface area (Å²) in [5.41, 5.74) is -0.804. The molecule has 0 bridgehead atoms. The Bertz CT molecular complexity index is 694. The van der Waals surface area contributed by atoms with E-state index in [0.717, 1.165) is 39.3 Å². The number of piperazine rings is 1. The van der Waals surface area contributed by atoms with E-state index in [-0.39, 0.29) is 23.1 Å². The second kappa shape index (κ2) is 9.03. The maximum Gasteiger partial charge on any atom is 0.201 e.